The third-order valence-corrected chi connectivity index (χ3v) is 2.40. The van der Waals surface area contributed by atoms with E-state index in [0.29, 0.717) is 6.54 Å². The van der Waals surface area contributed by atoms with Crippen LogP contribution in [0.5, 0.6) is 0 Å². The van der Waals surface area contributed by atoms with Gasteiger partial charge in [-0.3, -0.25) is 0 Å². The van der Waals surface area contributed by atoms with Crippen molar-refractivity contribution in [1.29, 1.82) is 0 Å². The predicted molar refractivity (Wildman–Crippen MR) is 39.7 cm³/mol. The molecule has 0 spiro atoms. The van der Waals surface area contributed by atoms with Gasteiger partial charge in [-0.15, -0.1) is 11.6 Å². The van der Waals surface area contributed by atoms with Crippen molar-refractivity contribution in [1.82, 2.24) is 5.32 Å². The van der Waals surface area contributed by atoms with E-state index in [1.54, 1.807) is 0 Å². The lowest BCUT2D eigenvalue weighted by Gasteiger charge is -2.29. The van der Waals surface area contributed by atoms with Crippen LogP contribution in [0.25, 0.3) is 0 Å². The summed E-state index contributed by atoms with van der Waals surface area (Å²) in [6.07, 6.45) is 2.01. The Labute approximate surface area is 60.8 Å². The van der Waals surface area contributed by atoms with Crippen LogP contribution in [0.15, 0.2) is 0 Å². The fourth-order valence-electron chi connectivity index (χ4n) is 1.08. The van der Waals surface area contributed by atoms with Crippen LogP contribution in [0, 0.1) is 0 Å². The first kappa shape index (κ1) is 7.32. The minimum Gasteiger partial charge on any atom is -0.329 e. The molecule has 54 valence electrons. The molecule has 0 saturated carbocycles. The van der Waals surface area contributed by atoms with Crippen molar-refractivity contribution in [2.75, 3.05) is 19.6 Å². The minimum atomic E-state index is -0.0920. The third kappa shape index (κ3) is 1.81. The zero-order chi connectivity index (χ0) is 6.74. The molecule has 1 aliphatic heterocycles. The maximum atomic E-state index is 6.09. The molecular formula is C6H13ClN2. The Hall–Kier alpha value is 0.210. The zero-order valence-corrected chi connectivity index (χ0v) is 6.25. The normalized spacial score (nSPS) is 26.0. The third-order valence-electron chi connectivity index (χ3n) is 1.87. The number of nitrogens with one attached hydrogen (secondary N) is 1. The Morgan fingerprint density at radius 3 is 2.33 bits per heavy atom. The highest BCUT2D eigenvalue weighted by molar-refractivity contribution is 6.24. The molecule has 0 aromatic rings. The Morgan fingerprint density at radius 2 is 2.00 bits per heavy atom. The van der Waals surface area contributed by atoms with E-state index in [1.165, 1.54) is 0 Å². The van der Waals surface area contributed by atoms with Gasteiger partial charge in [0, 0.05) is 6.54 Å². The highest BCUT2D eigenvalue weighted by atomic mass is 35.5. The summed E-state index contributed by atoms with van der Waals surface area (Å²) in [5.41, 5.74) is 5.48. The van der Waals surface area contributed by atoms with Gasteiger partial charge in [-0.05, 0) is 25.9 Å². The van der Waals surface area contributed by atoms with Gasteiger partial charge in [0.15, 0.2) is 0 Å². The van der Waals surface area contributed by atoms with Gasteiger partial charge >= 0.3 is 0 Å². The Kier molecular flexibility index (Phi) is 2.33. The molecule has 9 heavy (non-hydrogen) atoms. The summed E-state index contributed by atoms with van der Waals surface area (Å²) in [4.78, 5) is -0.0920. The fraction of sp³-hybridized carbons (Fsp3) is 1.00. The van der Waals surface area contributed by atoms with E-state index in [4.69, 9.17) is 17.3 Å². The summed E-state index contributed by atoms with van der Waals surface area (Å²) >= 11 is 6.09. The van der Waals surface area contributed by atoms with Crippen LogP contribution >= 0.6 is 11.6 Å². The summed E-state index contributed by atoms with van der Waals surface area (Å²) in [5, 5.41) is 3.23. The molecule has 3 N–H and O–H groups in total. The smallest absolute Gasteiger partial charge is 0.0592 e. The van der Waals surface area contributed by atoms with Crippen LogP contribution in [-0.4, -0.2) is 24.5 Å². The maximum Gasteiger partial charge on any atom is 0.0592 e. The lowest BCUT2D eigenvalue weighted by molar-refractivity contribution is 0.412. The summed E-state index contributed by atoms with van der Waals surface area (Å²) < 4.78 is 0. The Balaban J connectivity index is 2.37. The molecule has 0 amide bonds. The second kappa shape index (κ2) is 2.86. The lowest BCUT2D eigenvalue weighted by atomic mass is 9.97. The average Bonchev–Trinajstić information content (AvgIpc) is 1.90. The van der Waals surface area contributed by atoms with Crippen molar-refractivity contribution in [2.24, 2.45) is 5.73 Å². The number of alkyl halides is 1. The number of halogens is 1. The van der Waals surface area contributed by atoms with Crippen LogP contribution in [0.4, 0.5) is 0 Å². The lowest BCUT2D eigenvalue weighted by Crippen LogP contribution is -2.42. The van der Waals surface area contributed by atoms with Crippen molar-refractivity contribution >= 4 is 11.6 Å². The largest absolute Gasteiger partial charge is 0.329 e. The average molecular weight is 149 g/mol. The quantitative estimate of drug-likeness (QED) is 0.526. The molecule has 2 nitrogen and oxygen atoms in total. The highest BCUT2D eigenvalue weighted by Crippen LogP contribution is 2.24. The first-order valence-corrected chi connectivity index (χ1v) is 3.74. The van der Waals surface area contributed by atoms with E-state index < -0.39 is 0 Å². The van der Waals surface area contributed by atoms with Gasteiger partial charge < -0.3 is 11.1 Å². The molecule has 0 aromatic heterocycles. The Bertz CT molecular complexity index is 89.1. The first-order chi connectivity index (χ1) is 4.27. The number of hydrogen-bond acceptors (Lipinski definition) is 2. The SMILES string of the molecule is NCC1(Cl)CCNCC1. The van der Waals surface area contributed by atoms with Gasteiger partial charge in [-0.2, -0.15) is 0 Å². The molecule has 1 rings (SSSR count). The molecule has 0 radical (unpaired) electrons. The van der Waals surface area contributed by atoms with Crippen molar-refractivity contribution in [3.05, 3.63) is 0 Å². The van der Waals surface area contributed by atoms with Crippen molar-refractivity contribution < 1.29 is 0 Å². The van der Waals surface area contributed by atoms with Gasteiger partial charge in [-0.1, -0.05) is 0 Å². The van der Waals surface area contributed by atoms with Crippen molar-refractivity contribution in [3.63, 3.8) is 0 Å². The van der Waals surface area contributed by atoms with E-state index >= 15 is 0 Å². The monoisotopic (exact) mass is 148 g/mol. The topological polar surface area (TPSA) is 38.0 Å². The maximum absolute atomic E-state index is 6.09. The van der Waals surface area contributed by atoms with E-state index in [0.717, 1.165) is 25.9 Å². The molecule has 0 atom stereocenters. The minimum absolute atomic E-state index is 0.0920. The van der Waals surface area contributed by atoms with Crippen LogP contribution in [0.2, 0.25) is 0 Å². The van der Waals surface area contributed by atoms with Crippen molar-refractivity contribution in [3.8, 4) is 0 Å². The van der Waals surface area contributed by atoms with Gasteiger partial charge in [0.1, 0.15) is 0 Å². The predicted octanol–water partition coefficient (Wildman–Crippen LogP) is 0.306. The number of rotatable bonds is 1. The van der Waals surface area contributed by atoms with Crippen LogP contribution in [0.1, 0.15) is 12.8 Å². The van der Waals surface area contributed by atoms with Gasteiger partial charge in [-0.25, -0.2) is 0 Å². The Morgan fingerprint density at radius 1 is 1.44 bits per heavy atom. The standard InChI is InChI=1S/C6H13ClN2/c7-6(5-8)1-3-9-4-2-6/h9H,1-5,8H2. The molecule has 0 aromatic carbocycles. The number of nitrogens with two attached hydrogens (primary N) is 1. The van der Waals surface area contributed by atoms with Crippen molar-refractivity contribution in [2.45, 2.75) is 17.7 Å². The number of hydrogen-bond donors (Lipinski definition) is 2. The second-order valence-electron chi connectivity index (χ2n) is 2.61. The fourth-order valence-corrected chi connectivity index (χ4v) is 1.27. The molecule has 0 aliphatic carbocycles. The summed E-state index contributed by atoms with van der Waals surface area (Å²) in [6, 6.07) is 0. The van der Waals surface area contributed by atoms with Crippen LogP contribution in [0.3, 0.4) is 0 Å². The highest BCUT2D eigenvalue weighted by Gasteiger charge is 2.26. The summed E-state index contributed by atoms with van der Waals surface area (Å²) in [5.74, 6) is 0. The molecule has 1 saturated heterocycles. The molecule has 0 unspecified atom stereocenters. The van der Waals surface area contributed by atoms with E-state index in [9.17, 15) is 0 Å². The molecule has 3 heteroatoms. The van der Waals surface area contributed by atoms with Gasteiger partial charge in [0.2, 0.25) is 0 Å². The van der Waals surface area contributed by atoms with Crippen LogP contribution in [-0.2, 0) is 0 Å². The van der Waals surface area contributed by atoms with E-state index in [2.05, 4.69) is 5.32 Å². The summed E-state index contributed by atoms with van der Waals surface area (Å²) in [6.45, 7) is 2.64. The molecule has 1 aliphatic rings. The first-order valence-electron chi connectivity index (χ1n) is 3.36. The zero-order valence-electron chi connectivity index (χ0n) is 5.49. The van der Waals surface area contributed by atoms with Crippen LogP contribution < -0.4 is 11.1 Å². The molecule has 1 heterocycles. The van der Waals surface area contributed by atoms with Gasteiger partial charge in [0.25, 0.3) is 0 Å². The van der Waals surface area contributed by atoms with Gasteiger partial charge in [0.05, 0.1) is 4.87 Å². The molecular weight excluding hydrogens is 136 g/mol. The molecule has 1 fully saturated rings. The van der Waals surface area contributed by atoms with E-state index in [1.807, 2.05) is 0 Å². The number of piperidine rings is 1. The molecule has 0 bridgehead atoms. The second-order valence-corrected chi connectivity index (χ2v) is 3.41. The summed E-state index contributed by atoms with van der Waals surface area (Å²) in [7, 11) is 0. The van der Waals surface area contributed by atoms with E-state index in [-0.39, 0.29) is 4.87 Å².